The first-order chi connectivity index (χ1) is 5.91. The maximum atomic E-state index is 4.40. The molecule has 0 aliphatic carbocycles. The van der Waals surface area contributed by atoms with E-state index >= 15 is 0 Å². The van der Waals surface area contributed by atoms with E-state index in [1.54, 1.807) is 0 Å². The topological polar surface area (TPSA) is 17.8 Å². The standard InChI is InChI=1S/C9H16N2.C2H6/c1-7-6-11(9(3,4)5)10-8(7)2;1-2/h6H,1-5H3;1-2H3. The van der Waals surface area contributed by atoms with E-state index in [1.165, 1.54) is 5.56 Å². The molecule has 0 atom stereocenters. The molecule has 0 aromatic carbocycles. The summed E-state index contributed by atoms with van der Waals surface area (Å²) in [5.41, 5.74) is 2.50. The summed E-state index contributed by atoms with van der Waals surface area (Å²) >= 11 is 0. The van der Waals surface area contributed by atoms with Crippen LogP contribution in [0.4, 0.5) is 0 Å². The average Bonchev–Trinajstić information content (AvgIpc) is 2.35. The smallest absolute Gasteiger partial charge is 0.0623 e. The van der Waals surface area contributed by atoms with Crippen LogP contribution in [0.15, 0.2) is 6.20 Å². The Bertz CT molecular complexity index is 234. The van der Waals surface area contributed by atoms with Crippen molar-refractivity contribution in [2.24, 2.45) is 0 Å². The second-order valence-electron chi connectivity index (χ2n) is 4.01. The van der Waals surface area contributed by atoms with Crippen LogP contribution in [0.5, 0.6) is 0 Å². The van der Waals surface area contributed by atoms with Crippen molar-refractivity contribution in [3.63, 3.8) is 0 Å². The molecule has 0 radical (unpaired) electrons. The Hall–Kier alpha value is -0.790. The summed E-state index contributed by atoms with van der Waals surface area (Å²) in [6.07, 6.45) is 2.09. The lowest BCUT2D eigenvalue weighted by atomic mass is 10.1. The molecule has 0 aliphatic heterocycles. The molecule has 0 unspecified atom stereocenters. The highest BCUT2D eigenvalue weighted by Crippen LogP contribution is 2.14. The minimum Gasteiger partial charge on any atom is -0.267 e. The van der Waals surface area contributed by atoms with E-state index < -0.39 is 0 Å². The van der Waals surface area contributed by atoms with Crippen LogP contribution >= 0.6 is 0 Å². The fourth-order valence-corrected chi connectivity index (χ4v) is 0.890. The van der Waals surface area contributed by atoms with Gasteiger partial charge in [-0.15, -0.1) is 0 Å². The SMILES string of the molecule is CC.Cc1cn(C(C)(C)C)nc1C. The molecule has 2 nitrogen and oxygen atoms in total. The van der Waals surface area contributed by atoms with Gasteiger partial charge in [0.15, 0.2) is 0 Å². The molecule has 0 aliphatic rings. The van der Waals surface area contributed by atoms with Crippen LogP contribution in [0.25, 0.3) is 0 Å². The van der Waals surface area contributed by atoms with E-state index in [1.807, 2.05) is 25.5 Å². The zero-order valence-corrected chi connectivity index (χ0v) is 9.97. The highest BCUT2D eigenvalue weighted by Gasteiger charge is 2.14. The van der Waals surface area contributed by atoms with E-state index in [4.69, 9.17) is 0 Å². The quantitative estimate of drug-likeness (QED) is 0.602. The number of aromatic nitrogens is 2. The zero-order chi connectivity index (χ0) is 10.6. The van der Waals surface area contributed by atoms with Gasteiger partial charge in [0.05, 0.1) is 11.2 Å². The monoisotopic (exact) mass is 182 g/mol. The molecule has 1 aromatic heterocycles. The van der Waals surface area contributed by atoms with Crippen molar-refractivity contribution in [2.75, 3.05) is 0 Å². The first-order valence-electron chi connectivity index (χ1n) is 4.94. The zero-order valence-electron chi connectivity index (χ0n) is 9.97. The van der Waals surface area contributed by atoms with Crippen LogP contribution in [0.2, 0.25) is 0 Å². The van der Waals surface area contributed by atoms with E-state index in [0.717, 1.165) is 5.69 Å². The lowest BCUT2D eigenvalue weighted by Gasteiger charge is -2.18. The Kier molecular flexibility index (Phi) is 4.18. The third kappa shape index (κ3) is 3.21. The highest BCUT2D eigenvalue weighted by molar-refractivity contribution is 5.13. The summed E-state index contributed by atoms with van der Waals surface area (Å²) in [4.78, 5) is 0. The van der Waals surface area contributed by atoms with Crippen LogP contribution in [0.1, 0.15) is 45.9 Å². The Morgan fingerprint density at radius 2 is 1.62 bits per heavy atom. The minimum atomic E-state index is 0.110. The van der Waals surface area contributed by atoms with Crippen LogP contribution in [0.3, 0.4) is 0 Å². The fourth-order valence-electron chi connectivity index (χ4n) is 0.890. The summed E-state index contributed by atoms with van der Waals surface area (Å²) in [5.74, 6) is 0. The predicted molar refractivity (Wildman–Crippen MR) is 58.0 cm³/mol. The summed E-state index contributed by atoms with van der Waals surface area (Å²) in [6, 6.07) is 0. The molecule has 13 heavy (non-hydrogen) atoms. The fraction of sp³-hybridized carbons (Fsp3) is 0.727. The second-order valence-corrected chi connectivity index (χ2v) is 4.01. The van der Waals surface area contributed by atoms with Crippen molar-refractivity contribution in [3.8, 4) is 0 Å². The van der Waals surface area contributed by atoms with Crippen molar-refractivity contribution in [1.82, 2.24) is 9.78 Å². The maximum absolute atomic E-state index is 4.40. The molecule has 0 spiro atoms. The first kappa shape index (κ1) is 12.2. The van der Waals surface area contributed by atoms with Crippen LogP contribution in [-0.4, -0.2) is 9.78 Å². The number of aryl methyl sites for hydroxylation is 2. The molecule has 1 heterocycles. The van der Waals surface area contributed by atoms with Gasteiger partial charge in [0.2, 0.25) is 0 Å². The van der Waals surface area contributed by atoms with Gasteiger partial charge in [0.1, 0.15) is 0 Å². The summed E-state index contributed by atoms with van der Waals surface area (Å²) in [5, 5.41) is 4.40. The number of nitrogens with zero attached hydrogens (tertiary/aromatic N) is 2. The molecule has 76 valence electrons. The van der Waals surface area contributed by atoms with Gasteiger partial charge in [-0.25, -0.2) is 0 Å². The van der Waals surface area contributed by atoms with Crippen molar-refractivity contribution >= 4 is 0 Å². The number of rotatable bonds is 0. The Morgan fingerprint density at radius 3 is 1.77 bits per heavy atom. The van der Waals surface area contributed by atoms with Crippen molar-refractivity contribution < 1.29 is 0 Å². The second kappa shape index (κ2) is 4.45. The molecule has 1 aromatic rings. The Balaban J connectivity index is 0.000000671. The van der Waals surface area contributed by atoms with Gasteiger partial charge < -0.3 is 0 Å². The van der Waals surface area contributed by atoms with Crippen LogP contribution in [0, 0.1) is 13.8 Å². The third-order valence-corrected chi connectivity index (χ3v) is 1.83. The number of hydrogen-bond donors (Lipinski definition) is 0. The number of hydrogen-bond acceptors (Lipinski definition) is 1. The molecule has 0 saturated carbocycles. The molecule has 0 amide bonds. The lowest BCUT2D eigenvalue weighted by Crippen LogP contribution is -2.22. The van der Waals surface area contributed by atoms with Gasteiger partial charge in [-0.1, -0.05) is 13.8 Å². The Labute approximate surface area is 82.0 Å². The molecule has 0 saturated heterocycles. The highest BCUT2D eigenvalue weighted by atomic mass is 15.3. The van der Waals surface area contributed by atoms with Gasteiger partial charge in [0, 0.05) is 6.20 Å². The summed E-state index contributed by atoms with van der Waals surface area (Å²) in [7, 11) is 0. The molecular formula is C11H22N2. The van der Waals surface area contributed by atoms with Gasteiger partial charge in [-0.2, -0.15) is 5.10 Å². The molecule has 0 fully saturated rings. The van der Waals surface area contributed by atoms with E-state index in [-0.39, 0.29) is 5.54 Å². The predicted octanol–water partition coefficient (Wildman–Crippen LogP) is 3.28. The van der Waals surface area contributed by atoms with Crippen LogP contribution < -0.4 is 0 Å². The third-order valence-electron chi connectivity index (χ3n) is 1.83. The molecule has 2 heteroatoms. The van der Waals surface area contributed by atoms with Crippen molar-refractivity contribution in [2.45, 2.75) is 54.0 Å². The van der Waals surface area contributed by atoms with Crippen molar-refractivity contribution in [3.05, 3.63) is 17.5 Å². The van der Waals surface area contributed by atoms with Gasteiger partial charge in [-0.05, 0) is 40.2 Å². The van der Waals surface area contributed by atoms with E-state index in [2.05, 4.69) is 39.0 Å². The average molecular weight is 182 g/mol. The summed E-state index contributed by atoms with van der Waals surface area (Å²) < 4.78 is 2.01. The maximum Gasteiger partial charge on any atom is 0.0623 e. The molecule has 0 N–H and O–H groups in total. The largest absolute Gasteiger partial charge is 0.267 e. The summed E-state index contributed by atoms with van der Waals surface area (Å²) in [6.45, 7) is 14.6. The normalized spacial score (nSPS) is 10.7. The van der Waals surface area contributed by atoms with Crippen LogP contribution in [-0.2, 0) is 5.54 Å². The molecule has 0 bridgehead atoms. The van der Waals surface area contributed by atoms with Gasteiger partial charge >= 0.3 is 0 Å². The molecule has 1 rings (SSSR count). The first-order valence-corrected chi connectivity index (χ1v) is 4.94. The molecular weight excluding hydrogens is 160 g/mol. The van der Waals surface area contributed by atoms with Gasteiger partial charge in [0.25, 0.3) is 0 Å². The van der Waals surface area contributed by atoms with Gasteiger partial charge in [-0.3, -0.25) is 4.68 Å². The Morgan fingerprint density at radius 1 is 1.15 bits per heavy atom. The lowest BCUT2D eigenvalue weighted by molar-refractivity contribution is 0.354. The van der Waals surface area contributed by atoms with Crippen molar-refractivity contribution in [1.29, 1.82) is 0 Å². The van der Waals surface area contributed by atoms with E-state index in [9.17, 15) is 0 Å². The minimum absolute atomic E-state index is 0.110. The van der Waals surface area contributed by atoms with E-state index in [0.29, 0.717) is 0 Å².